The molecule has 0 aliphatic carbocycles. The maximum atomic E-state index is 13.0. The van der Waals surface area contributed by atoms with E-state index in [-0.39, 0.29) is 11.9 Å². The summed E-state index contributed by atoms with van der Waals surface area (Å²) in [4.78, 5) is 18.2. The van der Waals surface area contributed by atoms with Crippen LogP contribution in [0.4, 0.5) is 0 Å². The third-order valence-electron chi connectivity index (χ3n) is 4.79. The van der Waals surface area contributed by atoms with E-state index >= 15 is 0 Å². The molecule has 1 atom stereocenters. The molecule has 128 valence electrons. The van der Waals surface area contributed by atoms with E-state index < -0.39 is 0 Å². The Hall–Kier alpha value is -2.01. The van der Waals surface area contributed by atoms with Crippen molar-refractivity contribution in [2.75, 3.05) is 6.54 Å². The van der Waals surface area contributed by atoms with Gasteiger partial charge in [0.25, 0.3) is 5.91 Å². The van der Waals surface area contributed by atoms with Gasteiger partial charge in [-0.1, -0.05) is 23.2 Å². The van der Waals surface area contributed by atoms with Gasteiger partial charge in [-0.3, -0.25) is 4.79 Å². The van der Waals surface area contributed by atoms with Crippen molar-refractivity contribution in [3.05, 3.63) is 69.3 Å². The van der Waals surface area contributed by atoms with Crippen LogP contribution < -0.4 is 5.73 Å². The fourth-order valence-corrected chi connectivity index (χ4v) is 3.79. The molecule has 1 aliphatic heterocycles. The second-order valence-electron chi connectivity index (χ2n) is 6.31. The van der Waals surface area contributed by atoms with Gasteiger partial charge in [0, 0.05) is 44.8 Å². The average Bonchev–Trinajstić information content (AvgIpc) is 2.97. The highest BCUT2D eigenvalue weighted by atomic mass is 35.5. The topological polar surface area (TPSA) is 62.1 Å². The fraction of sp³-hybridized carbons (Fsp3) is 0.211. The first kappa shape index (κ1) is 16.5. The third-order valence-corrected chi connectivity index (χ3v) is 5.28. The molecule has 4 rings (SSSR count). The van der Waals surface area contributed by atoms with E-state index in [0.717, 1.165) is 16.6 Å². The molecule has 0 fully saturated rings. The minimum atomic E-state index is -0.0475. The number of amides is 1. The second kappa shape index (κ2) is 6.37. The summed E-state index contributed by atoms with van der Waals surface area (Å²) in [6.07, 6.45) is 0.714. The molecular weight excluding hydrogens is 357 g/mol. The molecule has 6 heteroatoms. The molecule has 0 bridgehead atoms. The summed E-state index contributed by atoms with van der Waals surface area (Å²) in [5.74, 6) is -0.0329. The lowest BCUT2D eigenvalue weighted by Crippen LogP contribution is -2.48. The molecule has 0 spiro atoms. The fourth-order valence-electron chi connectivity index (χ4n) is 3.50. The minimum absolute atomic E-state index is 0.0329. The smallest absolute Gasteiger partial charge is 0.254 e. The maximum Gasteiger partial charge on any atom is 0.254 e. The quantitative estimate of drug-likeness (QED) is 0.712. The Morgan fingerprint density at radius 3 is 2.60 bits per heavy atom. The van der Waals surface area contributed by atoms with Crippen LogP contribution in [-0.4, -0.2) is 28.4 Å². The van der Waals surface area contributed by atoms with Gasteiger partial charge < -0.3 is 15.6 Å². The van der Waals surface area contributed by atoms with Gasteiger partial charge in [-0.25, -0.2) is 0 Å². The van der Waals surface area contributed by atoms with Crippen LogP contribution in [0, 0.1) is 0 Å². The number of benzene rings is 2. The number of hydrogen-bond acceptors (Lipinski definition) is 2. The van der Waals surface area contributed by atoms with Crippen LogP contribution in [-0.2, 0) is 13.0 Å². The molecule has 3 aromatic rings. The van der Waals surface area contributed by atoms with Crippen molar-refractivity contribution in [1.82, 2.24) is 9.88 Å². The lowest BCUT2D eigenvalue weighted by Gasteiger charge is -2.35. The average molecular weight is 374 g/mol. The lowest BCUT2D eigenvalue weighted by atomic mass is 9.96. The summed E-state index contributed by atoms with van der Waals surface area (Å²) in [5, 5.41) is 2.43. The van der Waals surface area contributed by atoms with E-state index in [2.05, 4.69) is 4.98 Å². The molecular formula is C19H17Cl2N3O. The minimum Gasteiger partial charge on any atom is -0.357 e. The molecule has 1 amide bonds. The number of aromatic nitrogens is 1. The molecule has 0 saturated carbocycles. The summed E-state index contributed by atoms with van der Waals surface area (Å²) in [7, 11) is 0. The van der Waals surface area contributed by atoms with Crippen LogP contribution in [0.15, 0.2) is 42.5 Å². The van der Waals surface area contributed by atoms with Crippen molar-refractivity contribution in [2.24, 2.45) is 5.73 Å². The van der Waals surface area contributed by atoms with Crippen LogP contribution in [0.3, 0.4) is 0 Å². The van der Waals surface area contributed by atoms with Gasteiger partial charge in [0.2, 0.25) is 0 Å². The summed E-state index contributed by atoms with van der Waals surface area (Å²) in [6, 6.07) is 12.7. The largest absolute Gasteiger partial charge is 0.357 e. The number of nitrogens with zero attached hydrogens (tertiary/aromatic N) is 1. The Bertz CT molecular complexity index is 949. The van der Waals surface area contributed by atoms with Crippen molar-refractivity contribution in [2.45, 2.75) is 19.0 Å². The van der Waals surface area contributed by atoms with Crippen molar-refractivity contribution in [1.29, 1.82) is 0 Å². The zero-order valence-corrected chi connectivity index (χ0v) is 14.9. The molecule has 1 aliphatic rings. The van der Waals surface area contributed by atoms with Crippen LogP contribution in [0.25, 0.3) is 10.9 Å². The van der Waals surface area contributed by atoms with Crippen molar-refractivity contribution < 1.29 is 4.79 Å². The second-order valence-corrected chi connectivity index (χ2v) is 7.18. The highest BCUT2D eigenvalue weighted by Crippen LogP contribution is 2.32. The highest BCUT2D eigenvalue weighted by Gasteiger charge is 2.31. The number of carbonyl (C=O) groups is 1. The number of fused-ring (bicyclic) bond motifs is 3. The predicted molar refractivity (Wildman–Crippen MR) is 101 cm³/mol. The molecule has 2 heterocycles. The predicted octanol–water partition coefficient (Wildman–Crippen LogP) is 4.00. The van der Waals surface area contributed by atoms with E-state index in [1.807, 2.05) is 23.1 Å². The van der Waals surface area contributed by atoms with Gasteiger partial charge in [-0.2, -0.15) is 0 Å². The molecule has 3 N–H and O–H groups in total. The molecule has 1 aromatic heterocycles. The Morgan fingerprint density at radius 1 is 1.16 bits per heavy atom. The Balaban J connectivity index is 1.72. The van der Waals surface area contributed by atoms with Crippen molar-refractivity contribution >= 4 is 40.0 Å². The van der Waals surface area contributed by atoms with Gasteiger partial charge in [-0.15, -0.1) is 0 Å². The van der Waals surface area contributed by atoms with Gasteiger partial charge in [-0.05, 0) is 54.4 Å². The molecule has 4 nitrogen and oxygen atoms in total. The molecule has 0 saturated heterocycles. The van der Waals surface area contributed by atoms with Gasteiger partial charge >= 0.3 is 0 Å². The van der Waals surface area contributed by atoms with Crippen molar-refractivity contribution in [3.63, 3.8) is 0 Å². The Labute approximate surface area is 155 Å². The van der Waals surface area contributed by atoms with E-state index in [1.165, 1.54) is 5.56 Å². The zero-order valence-electron chi connectivity index (χ0n) is 13.4. The zero-order chi connectivity index (χ0) is 17.6. The molecule has 2 aromatic carbocycles. The number of halogens is 2. The summed E-state index contributed by atoms with van der Waals surface area (Å²) in [6.45, 7) is 0.914. The van der Waals surface area contributed by atoms with Crippen LogP contribution in [0.2, 0.25) is 10.0 Å². The molecule has 0 radical (unpaired) electrons. The molecule has 1 unspecified atom stereocenters. The third kappa shape index (κ3) is 2.91. The Kier molecular flexibility index (Phi) is 4.20. The number of nitrogens with two attached hydrogens (primary N) is 1. The van der Waals surface area contributed by atoms with Crippen molar-refractivity contribution in [3.8, 4) is 0 Å². The number of nitrogens with one attached hydrogen (secondary N) is 1. The van der Waals surface area contributed by atoms with Gasteiger partial charge in [0.15, 0.2) is 0 Å². The SMILES string of the molecule is NCC1Cc2c([nH]c3ccc(Cl)cc23)CN1C(=O)c1ccc(Cl)cc1. The summed E-state index contributed by atoms with van der Waals surface area (Å²) in [5.41, 5.74) is 9.88. The van der Waals surface area contributed by atoms with Gasteiger partial charge in [0.05, 0.1) is 6.54 Å². The molecule has 25 heavy (non-hydrogen) atoms. The number of H-pyrrole nitrogens is 1. The number of hydrogen-bond donors (Lipinski definition) is 2. The van der Waals surface area contributed by atoms with E-state index in [4.69, 9.17) is 28.9 Å². The maximum absolute atomic E-state index is 13.0. The number of rotatable bonds is 2. The first-order chi connectivity index (χ1) is 12.1. The standard InChI is InChI=1S/C19H17Cl2N3O/c20-12-3-1-11(2-4-12)19(25)24-10-18-16(8-14(24)9-22)15-7-13(21)5-6-17(15)23-18/h1-7,14,23H,8-10,22H2. The Morgan fingerprint density at radius 2 is 1.88 bits per heavy atom. The highest BCUT2D eigenvalue weighted by molar-refractivity contribution is 6.31. The first-order valence-electron chi connectivity index (χ1n) is 8.12. The summed E-state index contributed by atoms with van der Waals surface area (Å²) < 4.78 is 0. The monoisotopic (exact) mass is 373 g/mol. The van der Waals surface area contributed by atoms with E-state index in [0.29, 0.717) is 35.1 Å². The number of aromatic amines is 1. The normalized spacial score (nSPS) is 16.9. The van der Waals surface area contributed by atoms with Crippen LogP contribution in [0.5, 0.6) is 0 Å². The van der Waals surface area contributed by atoms with E-state index in [9.17, 15) is 4.79 Å². The lowest BCUT2D eigenvalue weighted by molar-refractivity contribution is 0.0645. The van der Waals surface area contributed by atoms with E-state index in [1.54, 1.807) is 24.3 Å². The summed E-state index contributed by atoms with van der Waals surface area (Å²) >= 11 is 12.1. The van der Waals surface area contributed by atoms with Gasteiger partial charge in [0.1, 0.15) is 0 Å². The number of carbonyl (C=O) groups excluding carboxylic acids is 1. The van der Waals surface area contributed by atoms with Crippen LogP contribution in [0.1, 0.15) is 21.6 Å². The van der Waals surface area contributed by atoms with Crippen LogP contribution >= 0.6 is 23.2 Å². The first-order valence-corrected chi connectivity index (χ1v) is 8.88.